The van der Waals surface area contributed by atoms with Gasteiger partial charge in [0.2, 0.25) is 5.91 Å². The van der Waals surface area contributed by atoms with Gasteiger partial charge >= 0.3 is 0 Å². The minimum Gasteiger partial charge on any atom is -0.326 e. The average Bonchev–Trinajstić information content (AvgIpc) is 2.75. The summed E-state index contributed by atoms with van der Waals surface area (Å²) in [6.45, 7) is 0.103. The van der Waals surface area contributed by atoms with Crippen LogP contribution in [0.15, 0.2) is 23.3 Å². The van der Waals surface area contributed by atoms with Crippen LogP contribution < -0.4 is 10.8 Å². The Bertz CT molecular complexity index is 565. The van der Waals surface area contributed by atoms with Crippen molar-refractivity contribution < 1.29 is 18.0 Å². The molecule has 1 heterocycles. The molecular formula is C12H13BF3N3O. The zero-order chi connectivity index (χ0) is 14.9. The number of benzene rings is 1. The maximum absolute atomic E-state index is 13.0. The Morgan fingerprint density at radius 3 is 2.85 bits per heavy atom. The Labute approximate surface area is 115 Å². The standard InChI is InChI=1S/C12H13BF3N3O/c1-19-5-7(10(18-19)11(15)16)12(20)17-9-3-2-6(14)4-8(9)13/h2-4,7,11H,5,13H2,1H3,(H,17,20). The predicted molar refractivity (Wildman–Crippen MR) is 72.8 cm³/mol. The molecule has 1 amide bonds. The van der Waals surface area contributed by atoms with Crippen molar-refractivity contribution in [1.82, 2.24) is 5.01 Å². The monoisotopic (exact) mass is 283 g/mol. The summed E-state index contributed by atoms with van der Waals surface area (Å²) >= 11 is 0. The number of hydrazone groups is 1. The molecule has 0 fully saturated rings. The van der Waals surface area contributed by atoms with Gasteiger partial charge in [-0.1, -0.05) is 5.46 Å². The van der Waals surface area contributed by atoms with E-state index in [-0.39, 0.29) is 6.54 Å². The Balaban J connectivity index is 2.14. The molecule has 0 aromatic heterocycles. The zero-order valence-corrected chi connectivity index (χ0v) is 11.0. The second-order valence-electron chi connectivity index (χ2n) is 4.67. The maximum Gasteiger partial charge on any atom is 0.279 e. The summed E-state index contributed by atoms with van der Waals surface area (Å²) in [4.78, 5) is 12.1. The number of hydrogen-bond acceptors (Lipinski definition) is 3. The van der Waals surface area contributed by atoms with Gasteiger partial charge in [-0.05, 0) is 18.2 Å². The molecule has 0 radical (unpaired) electrons. The van der Waals surface area contributed by atoms with Crippen LogP contribution in [-0.2, 0) is 4.79 Å². The Morgan fingerprint density at radius 2 is 2.25 bits per heavy atom. The van der Waals surface area contributed by atoms with E-state index >= 15 is 0 Å². The van der Waals surface area contributed by atoms with Gasteiger partial charge in [0.15, 0.2) is 0 Å². The Hall–Kier alpha value is -1.99. The van der Waals surface area contributed by atoms with E-state index < -0.39 is 29.8 Å². The van der Waals surface area contributed by atoms with Gasteiger partial charge in [0.05, 0.1) is 6.54 Å². The maximum atomic E-state index is 13.0. The lowest BCUT2D eigenvalue weighted by molar-refractivity contribution is -0.118. The molecule has 1 N–H and O–H groups in total. The van der Waals surface area contributed by atoms with Crippen LogP contribution in [0.2, 0.25) is 0 Å². The van der Waals surface area contributed by atoms with Crippen molar-refractivity contribution in [2.24, 2.45) is 11.0 Å². The molecule has 1 aliphatic rings. The summed E-state index contributed by atoms with van der Waals surface area (Å²) in [5.41, 5.74) is 0.490. The van der Waals surface area contributed by atoms with Gasteiger partial charge < -0.3 is 5.32 Å². The fourth-order valence-corrected chi connectivity index (χ4v) is 2.07. The van der Waals surface area contributed by atoms with E-state index in [2.05, 4.69) is 10.4 Å². The molecule has 1 aliphatic heterocycles. The van der Waals surface area contributed by atoms with Crippen molar-refractivity contribution in [3.05, 3.63) is 24.0 Å². The minimum atomic E-state index is -2.77. The molecule has 0 saturated carbocycles. The molecule has 0 bridgehead atoms. The second-order valence-corrected chi connectivity index (χ2v) is 4.67. The normalized spacial score (nSPS) is 18.4. The highest BCUT2D eigenvalue weighted by molar-refractivity contribution is 6.36. The number of rotatable bonds is 3. The number of anilines is 1. The molecular weight excluding hydrogens is 270 g/mol. The van der Waals surface area contributed by atoms with Gasteiger partial charge in [-0.3, -0.25) is 9.80 Å². The smallest absolute Gasteiger partial charge is 0.279 e. The quantitative estimate of drug-likeness (QED) is 0.806. The average molecular weight is 283 g/mol. The molecule has 106 valence electrons. The molecule has 2 rings (SSSR count). The van der Waals surface area contributed by atoms with Crippen molar-refractivity contribution in [2.45, 2.75) is 6.43 Å². The third-order valence-corrected chi connectivity index (χ3v) is 3.08. The number of nitrogens with zero attached hydrogens (tertiary/aromatic N) is 2. The van der Waals surface area contributed by atoms with Crippen LogP contribution in [0.25, 0.3) is 0 Å². The van der Waals surface area contributed by atoms with Gasteiger partial charge in [-0.2, -0.15) is 5.10 Å². The van der Waals surface area contributed by atoms with Crippen LogP contribution >= 0.6 is 0 Å². The van der Waals surface area contributed by atoms with Crippen molar-refractivity contribution in [3.8, 4) is 0 Å². The second kappa shape index (κ2) is 5.56. The van der Waals surface area contributed by atoms with Crippen LogP contribution in [-0.4, -0.2) is 44.5 Å². The summed E-state index contributed by atoms with van der Waals surface area (Å²) < 4.78 is 38.6. The van der Waals surface area contributed by atoms with Crippen LogP contribution in [0.3, 0.4) is 0 Å². The molecule has 0 saturated heterocycles. The van der Waals surface area contributed by atoms with E-state index in [0.717, 1.165) is 0 Å². The molecule has 4 nitrogen and oxygen atoms in total. The Kier molecular flexibility index (Phi) is 4.01. The molecule has 1 aromatic carbocycles. The van der Waals surface area contributed by atoms with Crippen molar-refractivity contribution in [2.75, 3.05) is 18.9 Å². The van der Waals surface area contributed by atoms with Gasteiger partial charge in [0, 0.05) is 12.7 Å². The lowest BCUT2D eigenvalue weighted by atomic mass is 9.93. The van der Waals surface area contributed by atoms with Crippen LogP contribution in [0.1, 0.15) is 0 Å². The van der Waals surface area contributed by atoms with E-state index in [1.54, 1.807) is 7.85 Å². The van der Waals surface area contributed by atoms with Crippen LogP contribution in [0, 0.1) is 11.7 Å². The largest absolute Gasteiger partial charge is 0.326 e. The fraction of sp³-hybridized carbons (Fsp3) is 0.333. The SMILES string of the molecule is Bc1cc(F)ccc1NC(=O)C1CN(C)N=C1C(F)F. The molecule has 1 aromatic rings. The van der Waals surface area contributed by atoms with E-state index in [9.17, 15) is 18.0 Å². The summed E-state index contributed by atoms with van der Waals surface area (Å²) in [5.74, 6) is -1.98. The number of amides is 1. The van der Waals surface area contributed by atoms with Crippen molar-refractivity contribution >= 4 is 30.6 Å². The van der Waals surface area contributed by atoms with Gasteiger partial charge in [0.25, 0.3) is 6.43 Å². The summed E-state index contributed by atoms with van der Waals surface area (Å²) in [6.07, 6.45) is -2.77. The summed E-state index contributed by atoms with van der Waals surface area (Å²) in [5, 5.41) is 7.49. The first-order valence-corrected chi connectivity index (χ1v) is 6.03. The molecule has 0 spiro atoms. The fourth-order valence-electron chi connectivity index (χ4n) is 2.07. The topological polar surface area (TPSA) is 44.7 Å². The van der Waals surface area contributed by atoms with Crippen LogP contribution in [0.5, 0.6) is 0 Å². The number of alkyl halides is 2. The molecule has 1 atom stereocenters. The molecule has 1 unspecified atom stereocenters. The number of halogens is 3. The zero-order valence-electron chi connectivity index (χ0n) is 11.0. The summed E-state index contributed by atoms with van der Waals surface area (Å²) in [6, 6.07) is 3.87. The van der Waals surface area contributed by atoms with Gasteiger partial charge in [0.1, 0.15) is 25.3 Å². The molecule has 0 aliphatic carbocycles. The Morgan fingerprint density at radius 1 is 1.55 bits per heavy atom. The van der Waals surface area contributed by atoms with Gasteiger partial charge in [-0.25, -0.2) is 13.2 Å². The highest BCUT2D eigenvalue weighted by atomic mass is 19.3. The van der Waals surface area contributed by atoms with Crippen molar-refractivity contribution in [1.29, 1.82) is 0 Å². The van der Waals surface area contributed by atoms with E-state index in [1.807, 2.05) is 0 Å². The first-order chi connectivity index (χ1) is 9.38. The first kappa shape index (κ1) is 14.4. The number of carbonyl (C=O) groups excluding carboxylic acids is 1. The lowest BCUT2D eigenvalue weighted by Crippen LogP contribution is -2.35. The number of carbonyl (C=O) groups is 1. The number of hydrogen-bond donors (Lipinski definition) is 1. The van der Waals surface area contributed by atoms with Gasteiger partial charge in [-0.15, -0.1) is 0 Å². The lowest BCUT2D eigenvalue weighted by Gasteiger charge is -2.14. The summed E-state index contributed by atoms with van der Waals surface area (Å²) in [7, 11) is 3.15. The van der Waals surface area contributed by atoms with E-state index in [0.29, 0.717) is 11.2 Å². The van der Waals surface area contributed by atoms with E-state index in [4.69, 9.17) is 0 Å². The third-order valence-electron chi connectivity index (χ3n) is 3.08. The highest BCUT2D eigenvalue weighted by Crippen LogP contribution is 2.19. The van der Waals surface area contributed by atoms with Crippen molar-refractivity contribution in [3.63, 3.8) is 0 Å². The van der Waals surface area contributed by atoms with E-state index in [1.165, 1.54) is 30.3 Å². The molecule has 8 heteroatoms. The minimum absolute atomic E-state index is 0.103. The predicted octanol–water partition coefficient (Wildman–Crippen LogP) is 0.205. The van der Waals surface area contributed by atoms with Crippen LogP contribution in [0.4, 0.5) is 18.9 Å². The molecule has 20 heavy (non-hydrogen) atoms. The number of nitrogens with one attached hydrogen (secondary N) is 1. The first-order valence-electron chi connectivity index (χ1n) is 6.03. The third kappa shape index (κ3) is 2.94. The highest BCUT2D eigenvalue weighted by Gasteiger charge is 2.36.